The number of carbonyl (C=O) groups excluding carboxylic acids is 1. The summed E-state index contributed by atoms with van der Waals surface area (Å²) in [5.74, 6) is 1.01. The summed E-state index contributed by atoms with van der Waals surface area (Å²) in [7, 11) is 0. The molecule has 0 radical (unpaired) electrons. The lowest BCUT2D eigenvalue weighted by Gasteiger charge is -2.38. The summed E-state index contributed by atoms with van der Waals surface area (Å²) < 4.78 is 7.12. The van der Waals surface area contributed by atoms with Crippen molar-refractivity contribution in [1.29, 1.82) is 0 Å². The highest BCUT2D eigenvalue weighted by molar-refractivity contribution is 6.35. The first-order chi connectivity index (χ1) is 14.6. The van der Waals surface area contributed by atoms with Gasteiger partial charge in [0.2, 0.25) is 0 Å². The molecule has 0 saturated carbocycles. The predicted octanol–water partition coefficient (Wildman–Crippen LogP) is 2.77. The molecule has 31 heavy (non-hydrogen) atoms. The summed E-state index contributed by atoms with van der Waals surface area (Å²) in [4.78, 5) is 32.3. The van der Waals surface area contributed by atoms with Gasteiger partial charge < -0.3 is 20.4 Å². The molecular weight excluding hydrogens is 418 g/mol. The van der Waals surface area contributed by atoms with E-state index in [9.17, 15) is 9.59 Å². The summed E-state index contributed by atoms with van der Waals surface area (Å²) in [6.07, 6.45) is 1.12. The number of benzene rings is 1. The minimum absolute atomic E-state index is 0.184. The maximum atomic E-state index is 13.5. The molecule has 0 spiro atoms. The maximum absolute atomic E-state index is 13.5. The van der Waals surface area contributed by atoms with Gasteiger partial charge in [-0.15, -0.1) is 0 Å². The van der Waals surface area contributed by atoms with Crippen LogP contribution in [0.2, 0.25) is 5.02 Å². The highest BCUT2D eigenvalue weighted by Crippen LogP contribution is 2.20. The average molecular weight is 450 g/mol. The Labute approximate surface area is 187 Å². The van der Waals surface area contributed by atoms with Crippen LogP contribution in [0.5, 0.6) is 0 Å². The molecule has 2 heterocycles. The molecule has 9 heteroatoms. The number of amides is 1. The monoisotopic (exact) mass is 449 g/mol. The minimum atomic E-state index is -0.545. The molecule has 1 fully saturated rings. The molecular formula is C22H32ClN5O3. The summed E-state index contributed by atoms with van der Waals surface area (Å²) in [6, 6.07) is 5.31. The number of nitrogens with zero attached hydrogens (tertiary/aromatic N) is 4. The fourth-order valence-electron chi connectivity index (χ4n) is 3.58. The molecule has 170 valence electrons. The van der Waals surface area contributed by atoms with Gasteiger partial charge in [-0.3, -0.25) is 4.79 Å². The second kappa shape index (κ2) is 9.44. The van der Waals surface area contributed by atoms with Crippen molar-refractivity contribution in [3.63, 3.8) is 0 Å². The van der Waals surface area contributed by atoms with Crippen LogP contribution in [0.25, 0.3) is 10.9 Å². The number of aromatic nitrogens is 2. The summed E-state index contributed by atoms with van der Waals surface area (Å²) in [5.41, 5.74) is 5.64. The Morgan fingerprint density at radius 3 is 2.55 bits per heavy atom. The van der Waals surface area contributed by atoms with E-state index in [1.54, 1.807) is 21.7 Å². The molecule has 0 bridgehead atoms. The zero-order chi connectivity index (χ0) is 22.8. The van der Waals surface area contributed by atoms with E-state index in [1.807, 2.05) is 31.8 Å². The fraction of sp³-hybridized carbons (Fsp3) is 0.591. The lowest BCUT2D eigenvalue weighted by molar-refractivity contribution is 0.0231. The van der Waals surface area contributed by atoms with Crippen molar-refractivity contribution in [3.8, 4) is 0 Å². The molecule has 2 N–H and O–H groups in total. The topological polar surface area (TPSA) is 93.7 Å². The maximum Gasteiger partial charge on any atom is 0.410 e. The van der Waals surface area contributed by atoms with Crippen LogP contribution in [-0.2, 0) is 11.2 Å². The van der Waals surface area contributed by atoms with Gasteiger partial charge >= 0.3 is 6.09 Å². The van der Waals surface area contributed by atoms with Crippen molar-refractivity contribution >= 4 is 28.6 Å². The first-order valence-electron chi connectivity index (χ1n) is 10.7. The predicted molar refractivity (Wildman–Crippen MR) is 123 cm³/mol. The quantitative estimate of drug-likeness (QED) is 0.754. The van der Waals surface area contributed by atoms with Gasteiger partial charge in [0.15, 0.2) is 0 Å². The number of rotatable bonds is 5. The van der Waals surface area contributed by atoms with E-state index < -0.39 is 5.60 Å². The van der Waals surface area contributed by atoms with Crippen LogP contribution >= 0.6 is 11.6 Å². The standard InChI is InChI=1S/C22H32ClN5O3/c1-15(14-24)8-9-18-25-17-7-5-6-16(23)19(17)20(29)28(18)27-12-10-26(11-13-27)21(30)31-22(2,3)4/h5-7,15H,8-14,24H2,1-4H3. The number of ether oxygens (including phenoxy) is 1. The average Bonchev–Trinajstić information content (AvgIpc) is 2.71. The van der Waals surface area contributed by atoms with E-state index in [-0.39, 0.29) is 11.7 Å². The van der Waals surface area contributed by atoms with Gasteiger partial charge in [-0.2, -0.15) is 0 Å². The zero-order valence-corrected chi connectivity index (χ0v) is 19.5. The van der Waals surface area contributed by atoms with E-state index in [4.69, 9.17) is 27.1 Å². The SMILES string of the molecule is CC(CN)CCc1nc2cccc(Cl)c2c(=O)n1N1CCN(C(=O)OC(C)(C)C)CC1. The van der Waals surface area contributed by atoms with Gasteiger partial charge in [-0.05, 0) is 51.8 Å². The Morgan fingerprint density at radius 2 is 1.94 bits per heavy atom. The molecule has 1 aliphatic heterocycles. The zero-order valence-electron chi connectivity index (χ0n) is 18.7. The van der Waals surface area contributed by atoms with Crippen LogP contribution in [0.4, 0.5) is 4.79 Å². The van der Waals surface area contributed by atoms with E-state index in [0.29, 0.717) is 66.8 Å². The number of nitrogens with two attached hydrogens (primary N) is 1. The summed E-state index contributed by atoms with van der Waals surface area (Å²) in [5, 5.41) is 2.74. The van der Waals surface area contributed by atoms with Crippen LogP contribution in [0.3, 0.4) is 0 Å². The van der Waals surface area contributed by atoms with Gasteiger partial charge in [0.1, 0.15) is 11.4 Å². The van der Waals surface area contributed by atoms with Crippen LogP contribution in [-0.4, -0.2) is 59.0 Å². The van der Waals surface area contributed by atoms with Gasteiger partial charge in [-0.1, -0.05) is 24.6 Å². The molecule has 1 atom stereocenters. The lowest BCUT2D eigenvalue weighted by Crippen LogP contribution is -2.56. The number of hydrogen-bond donors (Lipinski definition) is 1. The van der Waals surface area contributed by atoms with Crippen molar-refractivity contribution in [2.45, 2.75) is 46.1 Å². The van der Waals surface area contributed by atoms with Crippen molar-refractivity contribution in [1.82, 2.24) is 14.6 Å². The highest BCUT2D eigenvalue weighted by Gasteiger charge is 2.28. The normalized spacial score (nSPS) is 15.9. The second-order valence-corrected chi connectivity index (χ2v) is 9.49. The Kier molecular flexibility index (Phi) is 7.11. The van der Waals surface area contributed by atoms with Crippen molar-refractivity contribution < 1.29 is 9.53 Å². The third-order valence-electron chi connectivity index (χ3n) is 5.35. The first kappa shape index (κ1) is 23.3. The van der Waals surface area contributed by atoms with Crippen molar-refractivity contribution in [2.24, 2.45) is 11.7 Å². The number of piperazine rings is 1. The van der Waals surface area contributed by atoms with Crippen LogP contribution in [0, 0.1) is 5.92 Å². The molecule has 3 rings (SSSR count). The fourth-order valence-corrected chi connectivity index (χ4v) is 3.83. The van der Waals surface area contributed by atoms with E-state index in [2.05, 4.69) is 6.92 Å². The molecule has 1 unspecified atom stereocenters. The molecule has 1 amide bonds. The third kappa shape index (κ3) is 5.49. The molecule has 8 nitrogen and oxygen atoms in total. The van der Waals surface area contributed by atoms with Gasteiger partial charge in [0, 0.05) is 19.5 Å². The molecule has 1 aromatic heterocycles. The van der Waals surface area contributed by atoms with E-state index >= 15 is 0 Å². The van der Waals surface area contributed by atoms with E-state index in [0.717, 1.165) is 6.42 Å². The van der Waals surface area contributed by atoms with Gasteiger partial charge in [0.05, 0.1) is 29.0 Å². The summed E-state index contributed by atoms with van der Waals surface area (Å²) in [6.45, 7) is 10.1. The summed E-state index contributed by atoms with van der Waals surface area (Å²) >= 11 is 6.34. The molecule has 2 aromatic rings. The van der Waals surface area contributed by atoms with E-state index in [1.165, 1.54) is 0 Å². The number of carbonyl (C=O) groups is 1. The Balaban J connectivity index is 1.90. The van der Waals surface area contributed by atoms with Gasteiger partial charge in [-0.25, -0.2) is 14.5 Å². The highest BCUT2D eigenvalue weighted by atomic mass is 35.5. The van der Waals surface area contributed by atoms with Crippen LogP contribution in [0.1, 0.15) is 39.9 Å². The third-order valence-corrected chi connectivity index (χ3v) is 5.66. The molecule has 1 aromatic carbocycles. The Morgan fingerprint density at radius 1 is 1.26 bits per heavy atom. The Hall–Kier alpha value is -2.32. The number of halogens is 1. The molecule has 1 saturated heterocycles. The van der Waals surface area contributed by atoms with Crippen molar-refractivity contribution in [3.05, 3.63) is 39.4 Å². The molecule has 1 aliphatic rings. The molecule has 0 aliphatic carbocycles. The lowest BCUT2D eigenvalue weighted by atomic mass is 10.1. The number of hydrogen-bond acceptors (Lipinski definition) is 6. The van der Waals surface area contributed by atoms with Gasteiger partial charge in [0.25, 0.3) is 5.56 Å². The minimum Gasteiger partial charge on any atom is -0.444 e. The van der Waals surface area contributed by atoms with Crippen molar-refractivity contribution in [2.75, 3.05) is 37.7 Å². The second-order valence-electron chi connectivity index (χ2n) is 9.08. The number of fused-ring (bicyclic) bond motifs is 1. The smallest absolute Gasteiger partial charge is 0.410 e. The first-order valence-corrected chi connectivity index (χ1v) is 11.1. The Bertz CT molecular complexity index is 993. The largest absolute Gasteiger partial charge is 0.444 e. The van der Waals surface area contributed by atoms with Crippen LogP contribution in [0.15, 0.2) is 23.0 Å². The number of aryl methyl sites for hydroxylation is 1. The van der Waals surface area contributed by atoms with Crippen LogP contribution < -0.4 is 16.3 Å².